The van der Waals surface area contributed by atoms with E-state index in [0.717, 1.165) is 40.9 Å². The van der Waals surface area contributed by atoms with Gasteiger partial charge < -0.3 is 9.64 Å². The van der Waals surface area contributed by atoms with E-state index in [4.69, 9.17) is 37.9 Å². The van der Waals surface area contributed by atoms with E-state index in [0.29, 0.717) is 53.0 Å². The summed E-state index contributed by atoms with van der Waals surface area (Å²) in [5, 5.41) is 2.32. The fraction of sp³-hybridized carbons (Fsp3) is 0.240. The van der Waals surface area contributed by atoms with Crippen LogP contribution in [0.15, 0.2) is 47.3 Å². The molecule has 2 aromatic carbocycles. The van der Waals surface area contributed by atoms with Crippen LogP contribution in [0.25, 0.3) is 33.5 Å². The fourth-order valence-corrected chi connectivity index (χ4v) is 5.16. The molecular formula is C25H20Cl2N4O2. The fourth-order valence-electron chi connectivity index (χ4n) is 4.63. The molecule has 6 rings (SSSR count). The smallest absolute Gasteiger partial charge is 0.261 e. The summed E-state index contributed by atoms with van der Waals surface area (Å²) in [4.78, 5) is 25.2. The number of rotatable bonds is 2. The predicted molar refractivity (Wildman–Crippen MR) is 133 cm³/mol. The number of aromatic nitrogens is 3. The molecule has 1 saturated heterocycles. The highest BCUT2D eigenvalue weighted by atomic mass is 35.5. The van der Waals surface area contributed by atoms with Gasteiger partial charge >= 0.3 is 0 Å². The van der Waals surface area contributed by atoms with Crippen molar-refractivity contribution in [2.75, 3.05) is 31.2 Å². The molecule has 1 fully saturated rings. The van der Waals surface area contributed by atoms with Crippen LogP contribution >= 0.6 is 23.2 Å². The number of ether oxygens (including phenoxy) is 1. The van der Waals surface area contributed by atoms with Crippen molar-refractivity contribution < 1.29 is 4.74 Å². The standard InChI is InChI=1S/C25H20Cl2N4O2/c26-18-13-19-22(20(27)14-18)29-24-16(5-6-31(24)25(19)32)12-17-11-15-3-1-2-4-21(15)28-23(17)30-7-9-33-10-8-30/h1-4,11-14H,5-10H2. The highest BCUT2D eigenvalue weighted by Crippen LogP contribution is 2.33. The average molecular weight is 479 g/mol. The summed E-state index contributed by atoms with van der Waals surface area (Å²) < 4.78 is 7.26. The molecule has 0 aliphatic carbocycles. The number of hydrogen-bond donors (Lipinski definition) is 0. The van der Waals surface area contributed by atoms with E-state index in [1.54, 1.807) is 16.7 Å². The lowest BCUT2D eigenvalue weighted by Crippen LogP contribution is -2.37. The molecule has 2 aliphatic heterocycles. The van der Waals surface area contributed by atoms with Gasteiger partial charge in [-0.1, -0.05) is 41.4 Å². The SMILES string of the molecule is O=c1c2cc(Cl)cc(Cl)c2nc2n1CCC2=Cc1cc2ccccc2nc1N1CCOCC1. The monoisotopic (exact) mass is 478 g/mol. The quantitative estimate of drug-likeness (QED) is 0.404. The number of morpholine rings is 1. The Labute approximate surface area is 200 Å². The second-order valence-corrected chi connectivity index (χ2v) is 9.13. The molecule has 2 aromatic heterocycles. The van der Waals surface area contributed by atoms with Crippen LogP contribution in [0, 0.1) is 0 Å². The average Bonchev–Trinajstić information content (AvgIpc) is 3.23. The number of anilines is 1. The Morgan fingerprint density at radius 3 is 2.67 bits per heavy atom. The number of para-hydroxylation sites is 1. The summed E-state index contributed by atoms with van der Waals surface area (Å²) in [7, 11) is 0. The van der Waals surface area contributed by atoms with Gasteiger partial charge in [-0.2, -0.15) is 0 Å². The number of benzene rings is 2. The summed E-state index contributed by atoms with van der Waals surface area (Å²) in [5.74, 6) is 1.58. The highest BCUT2D eigenvalue weighted by Gasteiger charge is 2.24. The van der Waals surface area contributed by atoms with Crippen molar-refractivity contribution >= 4 is 62.5 Å². The van der Waals surface area contributed by atoms with Crippen LogP contribution in [-0.2, 0) is 11.3 Å². The van der Waals surface area contributed by atoms with Gasteiger partial charge in [0.05, 0.1) is 34.7 Å². The number of nitrogens with zero attached hydrogens (tertiary/aromatic N) is 4. The second kappa shape index (κ2) is 8.13. The zero-order valence-corrected chi connectivity index (χ0v) is 19.2. The molecule has 4 aromatic rings. The van der Waals surface area contributed by atoms with Crippen LogP contribution in [-0.4, -0.2) is 40.8 Å². The first-order valence-electron chi connectivity index (χ1n) is 10.9. The van der Waals surface area contributed by atoms with Gasteiger partial charge in [-0.05, 0) is 42.3 Å². The molecule has 33 heavy (non-hydrogen) atoms. The van der Waals surface area contributed by atoms with E-state index in [2.05, 4.69) is 23.1 Å². The first-order valence-corrected chi connectivity index (χ1v) is 11.7. The van der Waals surface area contributed by atoms with Gasteiger partial charge in [-0.3, -0.25) is 9.36 Å². The largest absolute Gasteiger partial charge is 0.378 e. The maximum absolute atomic E-state index is 13.2. The minimum atomic E-state index is -0.118. The second-order valence-electron chi connectivity index (χ2n) is 8.29. The van der Waals surface area contributed by atoms with Gasteiger partial charge in [0, 0.05) is 35.6 Å². The van der Waals surface area contributed by atoms with Crippen LogP contribution in [0.4, 0.5) is 5.82 Å². The molecule has 0 unspecified atom stereocenters. The molecule has 0 amide bonds. The topological polar surface area (TPSA) is 60.2 Å². The van der Waals surface area contributed by atoms with Crippen molar-refractivity contribution in [3.63, 3.8) is 0 Å². The van der Waals surface area contributed by atoms with Crippen molar-refractivity contribution in [1.82, 2.24) is 14.5 Å². The highest BCUT2D eigenvalue weighted by molar-refractivity contribution is 6.38. The van der Waals surface area contributed by atoms with Crippen molar-refractivity contribution in [2.45, 2.75) is 13.0 Å². The van der Waals surface area contributed by atoms with Gasteiger partial charge in [0.1, 0.15) is 11.6 Å². The maximum Gasteiger partial charge on any atom is 0.261 e. The van der Waals surface area contributed by atoms with Gasteiger partial charge in [-0.15, -0.1) is 0 Å². The first kappa shape index (κ1) is 20.7. The van der Waals surface area contributed by atoms with E-state index in [9.17, 15) is 4.79 Å². The Hall–Kier alpha value is -2.93. The van der Waals surface area contributed by atoms with Gasteiger partial charge in [-0.25, -0.2) is 9.97 Å². The number of halogens is 2. The summed E-state index contributed by atoms with van der Waals surface area (Å²) in [6.07, 6.45) is 2.82. The molecule has 6 nitrogen and oxygen atoms in total. The molecular weight excluding hydrogens is 459 g/mol. The van der Waals surface area contributed by atoms with Crippen molar-refractivity contribution in [3.8, 4) is 0 Å². The lowest BCUT2D eigenvalue weighted by molar-refractivity contribution is 0.122. The van der Waals surface area contributed by atoms with Crippen LogP contribution in [0.3, 0.4) is 0 Å². The predicted octanol–water partition coefficient (Wildman–Crippen LogP) is 5.03. The van der Waals surface area contributed by atoms with E-state index >= 15 is 0 Å². The number of fused-ring (bicyclic) bond motifs is 3. The van der Waals surface area contributed by atoms with Crippen molar-refractivity contribution in [3.05, 3.63) is 74.3 Å². The third-order valence-electron chi connectivity index (χ3n) is 6.24. The zero-order chi connectivity index (χ0) is 22.5. The van der Waals surface area contributed by atoms with E-state index in [1.807, 2.05) is 18.2 Å². The van der Waals surface area contributed by atoms with E-state index in [-0.39, 0.29) is 5.56 Å². The normalized spacial score (nSPS) is 17.3. The van der Waals surface area contributed by atoms with Crippen molar-refractivity contribution in [2.24, 2.45) is 0 Å². The lowest BCUT2D eigenvalue weighted by atomic mass is 10.1. The minimum absolute atomic E-state index is 0.118. The van der Waals surface area contributed by atoms with Crippen molar-refractivity contribution in [1.29, 1.82) is 0 Å². The summed E-state index contributed by atoms with van der Waals surface area (Å²) in [6.45, 7) is 3.50. The lowest BCUT2D eigenvalue weighted by Gasteiger charge is -2.29. The molecule has 0 bridgehead atoms. The minimum Gasteiger partial charge on any atom is -0.378 e. The molecule has 0 radical (unpaired) electrons. The zero-order valence-electron chi connectivity index (χ0n) is 17.7. The van der Waals surface area contributed by atoms with Gasteiger partial charge in [0.2, 0.25) is 0 Å². The molecule has 0 N–H and O–H groups in total. The third-order valence-corrected chi connectivity index (χ3v) is 6.75. The Morgan fingerprint density at radius 1 is 1.00 bits per heavy atom. The molecule has 0 atom stereocenters. The molecule has 2 aliphatic rings. The third kappa shape index (κ3) is 3.59. The summed E-state index contributed by atoms with van der Waals surface area (Å²) in [6, 6.07) is 13.5. The van der Waals surface area contributed by atoms with Gasteiger partial charge in [0.15, 0.2) is 0 Å². The number of hydrogen-bond acceptors (Lipinski definition) is 5. The van der Waals surface area contributed by atoms with Gasteiger partial charge in [0.25, 0.3) is 5.56 Å². The van der Waals surface area contributed by atoms with E-state index in [1.165, 1.54) is 0 Å². The Bertz CT molecular complexity index is 1510. The molecule has 8 heteroatoms. The maximum atomic E-state index is 13.2. The Kier molecular flexibility index (Phi) is 5.09. The first-order chi connectivity index (χ1) is 16.1. The molecule has 0 spiro atoms. The molecule has 0 saturated carbocycles. The molecule has 4 heterocycles. The number of pyridine rings is 1. The van der Waals surface area contributed by atoms with Crippen LogP contribution in [0.1, 0.15) is 17.8 Å². The van der Waals surface area contributed by atoms with Crippen LogP contribution in [0.2, 0.25) is 10.0 Å². The van der Waals surface area contributed by atoms with Crippen LogP contribution in [0.5, 0.6) is 0 Å². The molecule has 166 valence electrons. The number of allylic oxidation sites excluding steroid dienone is 1. The summed E-state index contributed by atoms with van der Waals surface area (Å²) in [5.41, 5.74) is 3.32. The summed E-state index contributed by atoms with van der Waals surface area (Å²) >= 11 is 12.5. The Morgan fingerprint density at radius 2 is 1.82 bits per heavy atom. The van der Waals surface area contributed by atoms with Crippen LogP contribution < -0.4 is 10.5 Å². The Balaban J connectivity index is 1.54. The van der Waals surface area contributed by atoms with E-state index < -0.39 is 0 Å².